The Bertz CT molecular complexity index is 796. The van der Waals surface area contributed by atoms with Crippen LogP contribution in [-0.4, -0.2) is 72.8 Å². The van der Waals surface area contributed by atoms with E-state index in [0.29, 0.717) is 23.2 Å². The number of aryl methyl sites for hydroxylation is 1. The van der Waals surface area contributed by atoms with Gasteiger partial charge in [0.15, 0.2) is 0 Å². The fourth-order valence-corrected chi connectivity index (χ4v) is 5.40. The van der Waals surface area contributed by atoms with Gasteiger partial charge in [-0.2, -0.15) is 0 Å². The number of carbonyl (C=O) groups is 3. The molecule has 4 rings (SSSR count). The van der Waals surface area contributed by atoms with Crippen LogP contribution in [0.2, 0.25) is 0 Å². The van der Waals surface area contributed by atoms with E-state index in [2.05, 4.69) is 20.4 Å². The SMILES string of the molecule is NC(=O)c1c(NC(=O)CN2CCN(CC(=O)NC3CC3)CC2)sc2c1CCCC2. The van der Waals surface area contributed by atoms with Gasteiger partial charge in [-0.15, -0.1) is 11.3 Å². The topological polar surface area (TPSA) is 108 Å². The fraction of sp³-hybridized carbons (Fsp3) is 0.650. The third kappa shape index (κ3) is 5.15. The van der Waals surface area contributed by atoms with E-state index < -0.39 is 5.91 Å². The van der Waals surface area contributed by atoms with E-state index >= 15 is 0 Å². The van der Waals surface area contributed by atoms with Crippen LogP contribution in [0.3, 0.4) is 0 Å². The highest BCUT2D eigenvalue weighted by molar-refractivity contribution is 7.17. The summed E-state index contributed by atoms with van der Waals surface area (Å²) in [7, 11) is 0. The number of nitrogens with two attached hydrogens (primary N) is 1. The first kappa shape index (κ1) is 20.3. The van der Waals surface area contributed by atoms with Gasteiger partial charge in [-0.1, -0.05) is 0 Å². The standard InChI is InChI=1S/C20H29N5O3S/c21-19(28)18-14-3-1-2-4-15(14)29-20(18)23-17(27)12-25-9-7-24(8-10-25)11-16(26)22-13-5-6-13/h13H,1-12H2,(H2,21,28)(H,22,26)(H,23,27). The predicted octanol–water partition coefficient (Wildman–Crippen LogP) is 0.561. The zero-order valence-electron chi connectivity index (χ0n) is 16.7. The molecule has 2 fully saturated rings. The second-order valence-corrected chi connectivity index (χ2v) is 9.33. The number of thiophene rings is 1. The number of amides is 3. The van der Waals surface area contributed by atoms with Crippen LogP contribution in [0.4, 0.5) is 5.00 Å². The Morgan fingerprint density at radius 1 is 0.966 bits per heavy atom. The van der Waals surface area contributed by atoms with Gasteiger partial charge in [-0.3, -0.25) is 24.2 Å². The normalized spacial score (nSPS) is 20.1. The Labute approximate surface area is 174 Å². The van der Waals surface area contributed by atoms with Crippen molar-refractivity contribution in [2.45, 2.75) is 44.6 Å². The number of fused-ring (bicyclic) bond motifs is 1. The lowest BCUT2D eigenvalue weighted by molar-refractivity contribution is -0.123. The van der Waals surface area contributed by atoms with E-state index in [9.17, 15) is 14.4 Å². The summed E-state index contributed by atoms with van der Waals surface area (Å²) in [6.07, 6.45) is 6.17. The molecule has 0 atom stereocenters. The molecule has 2 aliphatic carbocycles. The van der Waals surface area contributed by atoms with Crippen molar-refractivity contribution in [3.05, 3.63) is 16.0 Å². The molecule has 3 aliphatic rings. The molecule has 1 saturated carbocycles. The minimum absolute atomic E-state index is 0.0966. The largest absolute Gasteiger partial charge is 0.365 e. The van der Waals surface area contributed by atoms with Crippen LogP contribution in [0.25, 0.3) is 0 Å². The van der Waals surface area contributed by atoms with Crippen molar-refractivity contribution < 1.29 is 14.4 Å². The second-order valence-electron chi connectivity index (χ2n) is 8.22. The summed E-state index contributed by atoms with van der Waals surface area (Å²) < 4.78 is 0. The molecular weight excluding hydrogens is 390 g/mol. The molecule has 0 radical (unpaired) electrons. The average molecular weight is 420 g/mol. The van der Waals surface area contributed by atoms with Crippen molar-refractivity contribution in [2.24, 2.45) is 5.73 Å². The number of primary amides is 1. The first-order valence-corrected chi connectivity index (χ1v) is 11.3. The van der Waals surface area contributed by atoms with Crippen molar-refractivity contribution in [3.63, 3.8) is 0 Å². The lowest BCUT2D eigenvalue weighted by atomic mass is 9.95. The second kappa shape index (κ2) is 8.81. The molecule has 8 nitrogen and oxygen atoms in total. The minimum Gasteiger partial charge on any atom is -0.365 e. The van der Waals surface area contributed by atoms with Gasteiger partial charge in [0.2, 0.25) is 11.8 Å². The summed E-state index contributed by atoms with van der Waals surface area (Å²) in [5.74, 6) is -0.483. The third-order valence-electron chi connectivity index (χ3n) is 5.81. The summed E-state index contributed by atoms with van der Waals surface area (Å²) in [5, 5.41) is 6.54. The quantitative estimate of drug-likeness (QED) is 0.599. The van der Waals surface area contributed by atoms with Gasteiger partial charge in [-0.05, 0) is 44.1 Å². The Balaban J connectivity index is 1.27. The van der Waals surface area contributed by atoms with Crippen LogP contribution >= 0.6 is 11.3 Å². The molecule has 4 N–H and O–H groups in total. The summed E-state index contributed by atoms with van der Waals surface area (Å²) in [6, 6.07) is 0.390. The van der Waals surface area contributed by atoms with Gasteiger partial charge in [0.25, 0.3) is 5.91 Å². The number of hydrogen-bond acceptors (Lipinski definition) is 6. The number of nitrogens with zero attached hydrogens (tertiary/aromatic N) is 2. The molecule has 0 bridgehead atoms. The number of piperazine rings is 1. The first-order chi connectivity index (χ1) is 14.0. The molecule has 2 heterocycles. The highest BCUT2D eigenvalue weighted by atomic mass is 32.1. The number of nitrogens with one attached hydrogen (secondary N) is 2. The van der Waals surface area contributed by atoms with Crippen LogP contribution in [0.5, 0.6) is 0 Å². The van der Waals surface area contributed by atoms with Gasteiger partial charge in [-0.25, -0.2) is 0 Å². The van der Waals surface area contributed by atoms with Crippen LogP contribution in [0.15, 0.2) is 0 Å². The van der Waals surface area contributed by atoms with E-state index in [1.165, 1.54) is 16.2 Å². The third-order valence-corrected chi connectivity index (χ3v) is 7.02. The maximum Gasteiger partial charge on any atom is 0.251 e. The molecular formula is C20H29N5O3S. The Morgan fingerprint density at radius 3 is 2.21 bits per heavy atom. The Hall–Kier alpha value is -1.97. The fourth-order valence-electron chi connectivity index (χ4n) is 4.09. The van der Waals surface area contributed by atoms with Crippen LogP contribution in [0, 0.1) is 0 Å². The van der Waals surface area contributed by atoms with Gasteiger partial charge in [0.05, 0.1) is 18.7 Å². The van der Waals surface area contributed by atoms with Crippen LogP contribution in [0.1, 0.15) is 46.5 Å². The van der Waals surface area contributed by atoms with Crippen LogP contribution < -0.4 is 16.4 Å². The predicted molar refractivity (Wildman–Crippen MR) is 112 cm³/mol. The van der Waals surface area contributed by atoms with E-state index in [1.54, 1.807) is 0 Å². The number of carbonyl (C=O) groups excluding carboxylic acids is 3. The van der Waals surface area contributed by atoms with E-state index in [-0.39, 0.29) is 18.4 Å². The number of rotatable bonds is 7. The molecule has 1 aromatic rings. The minimum atomic E-state index is -0.460. The zero-order chi connectivity index (χ0) is 20.4. The van der Waals surface area contributed by atoms with E-state index in [1.807, 2.05) is 0 Å². The van der Waals surface area contributed by atoms with Crippen molar-refractivity contribution in [1.82, 2.24) is 15.1 Å². The van der Waals surface area contributed by atoms with Gasteiger partial charge < -0.3 is 16.4 Å². The molecule has 1 aromatic heterocycles. The summed E-state index contributed by atoms with van der Waals surface area (Å²) >= 11 is 1.49. The zero-order valence-corrected chi connectivity index (χ0v) is 17.5. The van der Waals surface area contributed by atoms with E-state index in [4.69, 9.17) is 5.73 Å². The molecule has 3 amide bonds. The average Bonchev–Trinajstić information content (AvgIpc) is 3.40. The molecule has 1 saturated heterocycles. The number of hydrogen-bond donors (Lipinski definition) is 3. The molecule has 9 heteroatoms. The molecule has 0 spiro atoms. The van der Waals surface area contributed by atoms with Crippen molar-refractivity contribution in [2.75, 3.05) is 44.6 Å². The lowest BCUT2D eigenvalue weighted by Gasteiger charge is -2.33. The van der Waals surface area contributed by atoms with Gasteiger partial charge in [0, 0.05) is 37.1 Å². The van der Waals surface area contributed by atoms with Gasteiger partial charge in [0.1, 0.15) is 5.00 Å². The smallest absolute Gasteiger partial charge is 0.251 e. The Morgan fingerprint density at radius 2 is 1.59 bits per heavy atom. The van der Waals surface area contributed by atoms with Crippen molar-refractivity contribution in [1.29, 1.82) is 0 Å². The highest BCUT2D eigenvalue weighted by Crippen LogP contribution is 2.37. The molecule has 29 heavy (non-hydrogen) atoms. The maximum absolute atomic E-state index is 12.6. The summed E-state index contributed by atoms with van der Waals surface area (Å²) in [4.78, 5) is 41.9. The summed E-state index contributed by atoms with van der Waals surface area (Å²) in [6.45, 7) is 3.74. The van der Waals surface area contributed by atoms with E-state index in [0.717, 1.165) is 70.3 Å². The van der Waals surface area contributed by atoms with Crippen molar-refractivity contribution >= 4 is 34.1 Å². The van der Waals surface area contributed by atoms with Crippen molar-refractivity contribution in [3.8, 4) is 0 Å². The lowest BCUT2D eigenvalue weighted by Crippen LogP contribution is -2.51. The molecule has 1 aliphatic heterocycles. The van der Waals surface area contributed by atoms with Crippen LogP contribution in [-0.2, 0) is 22.4 Å². The highest BCUT2D eigenvalue weighted by Gasteiger charge is 2.27. The molecule has 0 unspecified atom stereocenters. The first-order valence-electron chi connectivity index (χ1n) is 10.5. The summed E-state index contributed by atoms with van der Waals surface area (Å²) in [5.41, 5.74) is 7.13. The monoisotopic (exact) mass is 419 g/mol. The Kier molecular flexibility index (Phi) is 6.17. The molecule has 0 aromatic carbocycles. The molecule has 158 valence electrons. The maximum atomic E-state index is 12.6. The van der Waals surface area contributed by atoms with Gasteiger partial charge >= 0.3 is 0 Å². The number of anilines is 1.